The third-order valence-corrected chi connectivity index (χ3v) is 4.48. The van der Waals surface area contributed by atoms with Gasteiger partial charge in [-0.15, -0.1) is 0 Å². The molecule has 1 heterocycles. The lowest BCUT2D eigenvalue weighted by atomic mass is 10.1. The van der Waals surface area contributed by atoms with E-state index < -0.39 is 0 Å². The van der Waals surface area contributed by atoms with Gasteiger partial charge < -0.3 is 4.74 Å². The molecule has 1 unspecified atom stereocenters. The summed E-state index contributed by atoms with van der Waals surface area (Å²) in [5.41, 5.74) is 1.85. The average Bonchev–Trinajstić information content (AvgIpc) is 2.92. The van der Waals surface area contributed by atoms with Gasteiger partial charge in [-0.1, -0.05) is 12.1 Å². The molecule has 0 radical (unpaired) electrons. The fraction of sp³-hybridized carbons (Fsp3) is 0.500. The van der Waals surface area contributed by atoms with E-state index in [4.69, 9.17) is 0 Å². The quantitative estimate of drug-likeness (QED) is 0.782. The summed E-state index contributed by atoms with van der Waals surface area (Å²) in [6, 6.07) is 8.36. The van der Waals surface area contributed by atoms with Crippen molar-refractivity contribution in [3.8, 4) is 0 Å². The molecule has 1 atom stereocenters. The van der Waals surface area contributed by atoms with Crippen LogP contribution in [0.25, 0.3) is 0 Å². The van der Waals surface area contributed by atoms with Crippen molar-refractivity contribution in [2.75, 3.05) is 25.7 Å². The van der Waals surface area contributed by atoms with E-state index in [0.29, 0.717) is 11.6 Å². The fourth-order valence-corrected chi connectivity index (χ4v) is 3.45. The molecule has 0 aliphatic carbocycles. The number of rotatable bonds is 4. The summed E-state index contributed by atoms with van der Waals surface area (Å²) in [6.45, 7) is 0.937. The first-order chi connectivity index (χ1) is 8.70. The maximum atomic E-state index is 11.3. The number of thioether (sulfide) groups is 1. The Hall–Kier alpha value is -1.00. The first-order valence-corrected chi connectivity index (χ1v) is 7.31. The van der Waals surface area contributed by atoms with Gasteiger partial charge in [-0.3, -0.25) is 4.90 Å². The zero-order chi connectivity index (χ0) is 13.0. The van der Waals surface area contributed by atoms with E-state index in [2.05, 4.69) is 16.7 Å². The maximum absolute atomic E-state index is 11.3. The lowest BCUT2D eigenvalue weighted by Gasteiger charge is -2.23. The molecular weight excluding hydrogens is 246 g/mol. The molecular formula is C14H19NO2S. The van der Waals surface area contributed by atoms with Crippen molar-refractivity contribution in [2.24, 2.45) is 0 Å². The first-order valence-electron chi connectivity index (χ1n) is 6.16. The van der Waals surface area contributed by atoms with Gasteiger partial charge in [-0.2, -0.15) is 11.8 Å². The van der Waals surface area contributed by atoms with E-state index in [1.807, 2.05) is 36.0 Å². The molecule has 1 aromatic carbocycles. The van der Waals surface area contributed by atoms with E-state index in [0.717, 1.165) is 6.54 Å². The average molecular weight is 265 g/mol. The Labute approximate surface area is 113 Å². The molecule has 0 bridgehead atoms. The number of carbonyl (C=O) groups is 1. The Morgan fingerprint density at radius 2 is 2.17 bits per heavy atom. The lowest BCUT2D eigenvalue weighted by Crippen LogP contribution is -2.30. The third-order valence-electron chi connectivity index (χ3n) is 3.34. The van der Waals surface area contributed by atoms with Crippen LogP contribution in [0.5, 0.6) is 0 Å². The fourth-order valence-electron chi connectivity index (χ4n) is 2.15. The number of carbonyl (C=O) groups excluding carboxylic acids is 1. The SMILES string of the molecule is COC(=O)c1ccc(CN(C)C2CCSC2)cc1. The molecule has 3 nitrogen and oxygen atoms in total. The maximum Gasteiger partial charge on any atom is 0.337 e. The van der Waals surface area contributed by atoms with E-state index in [1.165, 1.54) is 30.6 Å². The van der Waals surface area contributed by atoms with Gasteiger partial charge in [0.25, 0.3) is 0 Å². The highest BCUT2D eigenvalue weighted by Crippen LogP contribution is 2.22. The third kappa shape index (κ3) is 3.27. The lowest BCUT2D eigenvalue weighted by molar-refractivity contribution is 0.0600. The second-order valence-electron chi connectivity index (χ2n) is 4.62. The molecule has 0 spiro atoms. The highest BCUT2D eigenvalue weighted by atomic mass is 32.2. The van der Waals surface area contributed by atoms with Crippen LogP contribution in [0, 0.1) is 0 Å². The van der Waals surface area contributed by atoms with Gasteiger partial charge in [-0.05, 0) is 36.9 Å². The van der Waals surface area contributed by atoms with E-state index in [-0.39, 0.29) is 5.97 Å². The summed E-state index contributed by atoms with van der Waals surface area (Å²) in [7, 11) is 3.58. The number of benzene rings is 1. The summed E-state index contributed by atoms with van der Waals surface area (Å²) in [5, 5.41) is 0. The van der Waals surface area contributed by atoms with Gasteiger partial charge in [0.1, 0.15) is 0 Å². The van der Waals surface area contributed by atoms with E-state index in [9.17, 15) is 4.79 Å². The summed E-state index contributed by atoms with van der Waals surface area (Å²) in [5.74, 6) is 2.23. The van der Waals surface area contributed by atoms with Crippen LogP contribution in [-0.2, 0) is 11.3 Å². The van der Waals surface area contributed by atoms with Gasteiger partial charge in [0, 0.05) is 18.3 Å². The molecule has 0 saturated carbocycles. The largest absolute Gasteiger partial charge is 0.465 e. The zero-order valence-corrected chi connectivity index (χ0v) is 11.7. The summed E-state index contributed by atoms with van der Waals surface area (Å²) >= 11 is 2.03. The van der Waals surface area contributed by atoms with Crippen LogP contribution in [0.3, 0.4) is 0 Å². The van der Waals surface area contributed by atoms with Crippen molar-refractivity contribution in [1.82, 2.24) is 4.90 Å². The Balaban J connectivity index is 1.95. The summed E-state index contributed by atoms with van der Waals surface area (Å²) < 4.78 is 4.69. The van der Waals surface area contributed by atoms with Gasteiger partial charge in [-0.25, -0.2) is 4.79 Å². The molecule has 18 heavy (non-hydrogen) atoms. The Morgan fingerprint density at radius 3 is 2.72 bits per heavy atom. The standard InChI is InChI=1S/C14H19NO2S/c1-15(13-7-8-18-10-13)9-11-3-5-12(6-4-11)14(16)17-2/h3-6,13H,7-10H2,1-2H3. The topological polar surface area (TPSA) is 29.5 Å². The van der Waals surface area contributed by atoms with E-state index >= 15 is 0 Å². The Bertz CT molecular complexity index is 399. The molecule has 1 aliphatic heterocycles. The second-order valence-corrected chi connectivity index (χ2v) is 5.77. The molecule has 1 fully saturated rings. The Morgan fingerprint density at radius 1 is 1.44 bits per heavy atom. The molecule has 1 saturated heterocycles. The van der Waals surface area contributed by atoms with Gasteiger partial charge in [0.2, 0.25) is 0 Å². The van der Waals surface area contributed by atoms with Crippen molar-refractivity contribution in [1.29, 1.82) is 0 Å². The predicted octanol–water partition coefficient (Wildman–Crippen LogP) is 2.41. The zero-order valence-electron chi connectivity index (χ0n) is 10.9. The van der Waals surface area contributed by atoms with Gasteiger partial charge in [0.15, 0.2) is 0 Å². The van der Waals surface area contributed by atoms with Gasteiger partial charge >= 0.3 is 5.97 Å². The van der Waals surface area contributed by atoms with Crippen molar-refractivity contribution in [3.05, 3.63) is 35.4 Å². The van der Waals surface area contributed by atoms with Crippen molar-refractivity contribution in [2.45, 2.75) is 19.0 Å². The van der Waals surface area contributed by atoms with Crippen LogP contribution in [0.4, 0.5) is 0 Å². The van der Waals surface area contributed by atoms with Crippen molar-refractivity contribution in [3.63, 3.8) is 0 Å². The number of methoxy groups -OCH3 is 1. The molecule has 1 aromatic rings. The number of ether oxygens (including phenoxy) is 1. The van der Waals surface area contributed by atoms with Crippen LogP contribution in [-0.4, -0.2) is 42.6 Å². The van der Waals surface area contributed by atoms with Crippen molar-refractivity contribution >= 4 is 17.7 Å². The monoisotopic (exact) mass is 265 g/mol. The number of nitrogens with zero attached hydrogens (tertiary/aromatic N) is 1. The molecule has 0 amide bonds. The van der Waals surface area contributed by atoms with Gasteiger partial charge in [0.05, 0.1) is 12.7 Å². The van der Waals surface area contributed by atoms with Crippen LogP contribution in [0.2, 0.25) is 0 Å². The minimum atomic E-state index is -0.276. The van der Waals surface area contributed by atoms with Crippen LogP contribution >= 0.6 is 11.8 Å². The summed E-state index contributed by atoms with van der Waals surface area (Å²) in [6.07, 6.45) is 1.28. The normalized spacial score (nSPS) is 19.2. The molecule has 0 aromatic heterocycles. The van der Waals surface area contributed by atoms with Crippen molar-refractivity contribution < 1.29 is 9.53 Å². The minimum absolute atomic E-state index is 0.276. The smallest absolute Gasteiger partial charge is 0.337 e. The Kier molecular flexibility index (Phi) is 4.66. The predicted molar refractivity (Wildman–Crippen MR) is 75.0 cm³/mol. The highest BCUT2D eigenvalue weighted by molar-refractivity contribution is 7.99. The molecule has 98 valence electrons. The number of hydrogen-bond acceptors (Lipinski definition) is 4. The van der Waals surface area contributed by atoms with Crippen LogP contribution in [0.15, 0.2) is 24.3 Å². The molecule has 2 rings (SSSR count). The first kappa shape index (κ1) is 13.4. The summed E-state index contributed by atoms with van der Waals surface area (Å²) in [4.78, 5) is 13.7. The number of esters is 1. The molecule has 1 aliphatic rings. The minimum Gasteiger partial charge on any atom is -0.465 e. The second kappa shape index (κ2) is 6.25. The highest BCUT2D eigenvalue weighted by Gasteiger charge is 2.19. The van der Waals surface area contributed by atoms with Crippen LogP contribution < -0.4 is 0 Å². The van der Waals surface area contributed by atoms with E-state index in [1.54, 1.807) is 0 Å². The molecule has 4 heteroatoms. The number of hydrogen-bond donors (Lipinski definition) is 0. The molecule has 0 N–H and O–H groups in total. The van der Waals surface area contributed by atoms with Crippen LogP contribution in [0.1, 0.15) is 22.3 Å².